The minimum Gasteiger partial charge on any atom is -0.479 e. The van der Waals surface area contributed by atoms with Crippen LogP contribution in [-0.2, 0) is 9.59 Å². The van der Waals surface area contributed by atoms with Crippen LogP contribution in [0.4, 0.5) is 17.6 Å². The fourth-order valence-electron chi connectivity index (χ4n) is 0.142. The van der Waals surface area contributed by atoms with Crippen LogP contribution in [0, 0.1) is 0 Å². The maximum absolute atomic E-state index is 11.0. The molecule has 0 aromatic heterocycles. The van der Waals surface area contributed by atoms with Gasteiger partial charge in [-0.15, -0.1) is 0 Å². The van der Waals surface area contributed by atoms with Crippen molar-refractivity contribution in [3.63, 3.8) is 0 Å². The summed E-state index contributed by atoms with van der Waals surface area (Å²) < 4.78 is 43.6. The van der Waals surface area contributed by atoms with Crippen molar-refractivity contribution in [2.75, 3.05) is 13.7 Å². The van der Waals surface area contributed by atoms with E-state index < -0.39 is 24.7 Å². The second-order valence-corrected chi connectivity index (χ2v) is 1.60. The summed E-state index contributed by atoms with van der Waals surface area (Å²) in [7, 11) is 0.926. The van der Waals surface area contributed by atoms with Crippen LogP contribution >= 0.6 is 0 Å². The second kappa shape index (κ2) is 6.21. The van der Waals surface area contributed by atoms with Gasteiger partial charge in [-0.05, 0) is 0 Å². The third kappa shape index (κ3) is 10.7. The van der Waals surface area contributed by atoms with Crippen molar-refractivity contribution >= 4 is 11.9 Å². The van der Waals surface area contributed by atoms with Crippen LogP contribution in [0.3, 0.4) is 0 Å². The number of alkyl halides is 4. The molecule has 0 aromatic rings. The molecule has 0 aliphatic carbocycles. The number of carboxylic acids is 1. The highest BCUT2D eigenvalue weighted by molar-refractivity contribution is 5.81. The van der Waals surface area contributed by atoms with E-state index in [0.717, 1.165) is 7.05 Å². The Balaban J connectivity index is 0. The molecule has 4 nitrogen and oxygen atoms in total. The van der Waals surface area contributed by atoms with Gasteiger partial charge in [0.2, 0.25) is 0 Å². The predicted molar refractivity (Wildman–Crippen MR) is 33.7 cm³/mol. The van der Waals surface area contributed by atoms with Crippen molar-refractivity contribution in [1.82, 2.24) is 5.32 Å². The molecular weight excluding hydrogens is 198 g/mol. The van der Waals surface area contributed by atoms with Crippen LogP contribution in [0.5, 0.6) is 0 Å². The van der Waals surface area contributed by atoms with Gasteiger partial charge in [0.05, 0.1) is 0 Å². The number of halogens is 4. The van der Waals surface area contributed by atoms with E-state index in [-0.39, 0.29) is 0 Å². The van der Waals surface area contributed by atoms with Crippen LogP contribution in [0.25, 0.3) is 0 Å². The van der Waals surface area contributed by atoms with Gasteiger partial charge in [0.1, 0.15) is 0 Å². The minimum atomic E-state index is -4.74. The molecule has 78 valence electrons. The summed E-state index contributed by atoms with van der Waals surface area (Å²) >= 11 is 0. The molecular formula is C5H7F4NO3. The predicted octanol–water partition coefficient (Wildman–Crippen LogP) is 0.335. The van der Waals surface area contributed by atoms with Crippen molar-refractivity contribution in [1.29, 1.82) is 0 Å². The smallest absolute Gasteiger partial charge is 0.471 e. The summed E-state index contributed by atoms with van der Waals surface area (Å²) in [5, 5.41) is 8.79. The quantitative estimate of drug-likeness (QED) is 0.606. The van der Waals surface area contributed by atoms with E-state index in [1.54, 1.807) is 0 Å². The Morgan fingerprint density at radius 2 is 1.69 bits per heavy atom. The van der Waals surface area contributed by atoms with Crippen molar-refractivity contribution < 1.29 is 32.3 Å². The first kappa shape index (κ1) is 14.2. The summed E-state index contributed by atoms with van der Waals surface area (Å²) in [5.74, 6) is -3.33. The van der Waals surface area contributed by atoms with Crippen molar-refractivity contribution in [2.24, 2.45) is 0 Å². The highest BCUT2D eigenvalue weighted by atomic mass is 19.4. The lowest BCUT2D eigenvalue weighted by molar-refractivity contribution is -0.172. The van der Waals surface area contributed by atoms with Gasteiger partial charge in [-0.3, -0.25) is 4.79 Å². The van der Waals surface area contributed by atoms with E-state index >= 15 is 0 Å². The molecule has 0 unspecified atom stereocenters. The van der Waals surface area contributed by atoms with Gasteiger partial charge in [-0.25, -0.2) is 9.18 Å². The molecule has 0 aromatic carbocycles. The summed E-state index contributed by atoms with van der Waals surface area (Å²) in [6, 6.07) is 0. The van der Waals surface area contributed by atoms with E-state index in [4.69, 9.17) is 9.90 Å². The SMILES string of the molecule is CNC(=O)C(F)(F)F.O=C(O)CF. The zero-order valence-corrected chi connectivity index (χ0v) is 6.48. The zero-order valence-electron chi connectivity index (χ0n) is 6.48. The van der Waals surface area contributed by atoms with Gasteiger partial charge < -0.3 is 10.4 Å². The van der Waals surface area contributed by atoms with E-state index in [2.05, 4.69) is 0 Å². The highest BCUT2D eigenvalue weighted by Gasteiger charge is 2.37. The maximum atomic E-state index is 11.0. The number of nitrogens with one attached hydrogen (secondary N) is 1. The summed E-state index contributed by atoms with van der Waals surface area (Å²) in [5.41, 5.74) is 0. The summed E-state index contributed by atoms with van der Waals surface area (Å²) in [6.45, 7) is -1.28. The van der Waals surface area contributed by atoms with E-state index in [0.29, 0.717) is 0 Å². The Labute approximate surface area is 70.5 Å². The molecule has 13 heavy (non-hydrogen) atoms. The van der Waals surface area contributed by atoms with Gasteiger partial charge in [0.15, 0.2) is 6.67 Å². The molecule has 0 atom stereocenters. The fraction of sp³-hybridized carbons (Fsp3) is 0.600. The van der Waals surface area contributed by atoms with Gasteiger partial charge in [0.25, 0.3) is 0 Å². The fourth-order valence-corrected chi connectivity index (χ4v) is 0.142. The summed E-state index contributed by atoms with van der Waals surface area (Å²) in [4.78, 5) is 18.6. The molecule has 0 saturated heterocycles. The summed E-state index contributed by atoms with van der Waals surface area (Å²) in [6.07, 6.45) is -4.74. The number of amides is 1. The van der Waals surface area contributed by atoms with Crippen LogP contribution in [-0.4, -0.2) is 36.9 Å². The second-order valence-electron chi connectivity index (χ2n) is 1.60. The number of hydrogen-bond donors (Lipinski definition) is 2. The number of aliphatic carboxylic acids is 1. The molecule has 0 rings (SSSR count). The Hall–Kier alpha value is -1.34. The van der Waals surface area contributed by atoms with Crippen molar-refractivity contribution in [3.8, 4) is 0 Å². The van der Waals surface area contributed by atoms with Gasteiger partial charge in [0, 0.05) is 7.05 Å². The lowest BCUT2D eigenvalue weighted by Crippen LogP contribution is -2.33. The molecule has 0 radical (unpaired) electrons. The maximum Gasteiger partial charge on any atom is 0.471 e. The Kier molecular flexibility index (Phi) is 6.78. The third-order valence-corrected chi connectivity index (χ3v) is 0.599. The average molecular weight is 205 g/mol. The topological polar surface area (TPSA) is 66.4 Å². The van der Waals surface area contributed by atoms with Crippen molar-refractivity contribution in [3.05, 3.63) is 0 Å². The Bertz CT molecular complexity index is 179. The Morgan fingerprint density at radius 1 is 1.38 bits per heavy atom. The average Bonchev–Trinajstić information content (AvgIpc) is 2.02. The lowest BCUT2D eigenvalue weighted by atomic mass is 10.6. The van der Waals surface area contributed by atoms with Gasteiger partial charge >= 0.3 is 18.1 Å². The number of rotatable bonds is 1. The van der Waals surface area contributed by atoms with Crippen LogP contribution in [0.2, 0.25) is 0 Å². The van der Waals surface area contributed by atoms with Gasteiger partial charge in [-0.1, -0.05) is 0 Å². The number of carboxylic acid groups (broad SMARTS) is 1. The molecule has 0 bridgehead atoms. The van der Waals surface area contributed by atoms with Crippen LogP contribution in [0.1, 0.15) is 0 Å². The molecule has 0 heterocycles. The van der Waals surface area contributed by atoms with E-state index in [1.165, 1.54) is 5.32 Å². The number of carbonyl (C=O) groups excluding carboxylic acids is 1. The molecule has 2 N–H and O–H groups in total. The normalized spacial score (nSPS) is 9.62. The van der Waals surface area contributed by atoms with Gasteiger partial charge in [-0.2, -0.15) is 13.2 Å². The molecule has 8 heteroatoms. The molecule has 0 aliphatic heterocycles. The third-order valence-electron chi connectivity index (χ3n) is 0.599. The first-order valence-electron chi connectivity index (χ1n) is 2.82. The molecule has 0 fully saturated rings. The van der Waals surface area contributed by atoms with Crippen LogP contribution < -0.4 is 5.32 Å². The minimum absolute atomic E-state index is 0.926. The molecule has 1 amide bonds. The highest BCUT2D eigenvalue weighted by Crippen LogP contribution is 2.13. The number of carbonyl (C=O) groups is 2. The molecule has 0 saturated carbocycles. The van der Waals surface area contributed by atoms with Crippen molar-refractivity contribution in [2.45, 2.75) is 6.18 Å². The first-order valence-corrected chi connectivity index (χ1v) is 2.82. The zero-order chi connectivity index (χ0) is 11.1. The van der Waals surface area contributed by atoms with Crippen LogP contribution in [0.15, 0.2) is 0 Å². The molecule has 0 spiro atoms. The lowest BCUT2D eigenvalue weighted by Gasteiger charge is -2.00. The monoisotopic (exact) mass is 205 g/mol. The Morgan fingerprint density at radius 3 is 1.69 bits per heavy atom. The standard InChI is InChI=1S/C3H4F3NO.C2H3FO2/c1-7-2(8)3(4,5)6;3-1-2(4)5/h1H3,(H,7,8);1H2,(H,4,5). The molecule has 0 aliphatic rings. The van der Waals surface area contributed by atoms with E-state index in [9.17, 15) is 22.4 Å². The number of hydrogen-bond acceptors (Lipinski definition) is 2. The first-order chi connectivity index (χ1) is 5.75. The van der Waals surface area contributed by atoms with E-state index in [1.807, 2.05) is 0 Å². The largest absolute Gasteiger partial charge is 0.479 e.